The fourth-order valence-corrected chi connectivity index (χ4v) is 4.47. The molecule has 9 heteroatoms. The van der Waals surface area contributed by atoms with E-state index in [1.807, 2.05) is 6.07 Å². The van der Waals surface area contributed by atoms with Crippen LogP contribution in [0.2, 0.25) is 5.02 Å². The Bertz CT molecular complexity index is 923. The van der Waals surface area contributed by atoms with E-state index in [9.17, 15) is 14.3 Å². The number of nitrogens with zero attached hydrogens (tertiary/aromatic N) is 4. The molecule has 0 bridgehead atoms. The molecule has 1 atom stereocenters. The maximum atomic E-state index is 13.3. The quantitative estimate of drug-likeness (QED) is 0.731. The lowest BCUT2D eigenvalue weighted by atomic mass is 9.95. The van der Waals surface area contributed by atoms with Crippen molar-refractivity contribution in [2.45, 2.75) is 25.7 Å². The Balaban J connectivity index is 1.34. The van der Waals surface area contributed by atoms with Gasteiger partial charge in [-0.05, 0) is 49.8 Å². The van der Waals surface area contributed by atoms with Crippen LogP contribution in [0, 0.1) is 17.7 Å². The molecule has 1 aromatic carbocycles. The van der Waals surface area contributed by atoms with E-state index in [-0.39, 0.29) is 29.4 Å². The van der Waals surface area contributed by atoms with Crippen LogP contribution in [-0.4, -0.2) is 53.8 Å². The topological polar surface area (TPSA) is 81.6 Å². The largest absolute Gasteiger partial charge is 0.396 e. The second kappa shape index (κ2) is 9.78. The van der Waals surface area contributed by atoms with E-state index >= 15 is 0 Å². The minimum Gasteiger partial charge on any atom is -0.396 e. The highest BCUT2D eigenvalue weighted by atomic mass is 35.5. The summed E-state index contributed by atoms with van der Waals surface area (Å²) in [7, 11) is 0. The lowest BCUT2D eigenvalue weighted by Crippen LogP contribution is -2.39. The molecule has 0 radical (unpaired) electrons. The third-order valence-electron chi connectivity index (χ3n) is 6.12. The minimum absolute atomic E-state index is 0.00815. The van der Waals surface area contributed by atoms with Crippen LogP contribution in [0.15, 0.2) is 30.6 Å². The number of hydrogen-bond donors (Lipinski definition) is 2. The Kier molecular flexibility index (Phi) is 6.87. The predicted molar refractivity (Wildman–Crippen MR) is 119 cm³/mol. The van der Waals surface area contributed by atoms with Crippen LogP contribution >= 0.6 is 11.6 Å². The third kappa shape index (κ3) is 5.25. The number of carbonyl (C=O) groups is 1. The first kappa shape index (κ1) is 21.8. The monoisotopic (exact) mass is 447 g/mol. The van der Waals surface area contributed by atoms with Gasteiger partial charge in [-0.15, -0.1) is 0 Å². The number of aromatic nitrogens is 2. The van der Waals surface area contributed by atoms with Crippen molar-refractivity contribution in [3.63, 3.8) is 0 Å². The number of amides is 1. The number of piperidine rings is 2. The molecule has 2 saturated heterocycles. The van der Waals surface area contributed by atoms with Crippen molar-refractivity contribution >= 4 is 34.8 Å². The number of halogens is 2. The highest BCUT2D eigenvalue weighted by Crippen LogP contribution is 2.27. The Morgan fingerprint density at radius 1 is 1.13 bits per heavy atom. The van der Waals surface area contributed by atoms with Crippen molar-refractivity contribution in [2.24, 2.45) is 11.8 Å². The number of carbonyl (C=O) groups excluding carboxylic acids is 1. The molecule has 1 unspecified atom stereocenters. The highest BCUT2D eigenvalue weighted by molar-refractivity contribution is 6.31. The van der Waals surface area contributed by atoms with Gasteiger partial charge in [0.05, 0.1) is 5.02 Å². The van der Waals surface area contributed by atoms with Crippen molar-refractivity contribution in [2.75, 3.05) is 47.9 Å². The van der Waals surface area contributed by atoms with Crippen LogP contribution in [-0.2, 0) is 4.79 Å². The summed E-state index contributed by atoms with van der Waals surface area (Å²) in [6.45, 7) is 3.38. The zero-order valence-electron chi connectivity index (χ0n) is 17.3. The van der Waals surface area contributed by atoms with Gasteiger partial charge in [0.1, 0.15) is 23.8 Å². The molecule has 4 rings (SSSR count). The van der Waals surface area contributed by atoms with Crippen LogP contribution in [0.4, 0.5) is 21.7 Å². The minimum atomic E-state index is -0.506. The summed E-state index contributed by atoms with van der Waals surface area (Å²) in [6, 6.07) is 6.19. The van der Waals surface area contributed by atoms with E-state index in [1.54, 1.807) is 6.33 Å². The van der Waals surface area contributed by atoms with Gasteiger partial charge in [0.2, 0.25) is 5.91 Å². The third-order valence-corrected chi connectivity index (χ3v) is 6.41. The Labute approximate surface area is 186 Å². The summed E-state index contributed by atoms with van der Waals surface area (Å²) in [4.78, 5) is 25.9. The zero-order chi connectivity index (χ0) is 21.8. The van der Waals surface area contributed by atoms with E-state index in [2.05, 4.69) is 25.1 Å². The van der Waals surface area contributed by atoms with Gasteiger partial charge in [0.15, 0.2) is 0 Å². The number of benzene rings is 1. The molecule has 0 saturated carbocycles. The lowest BCUT2D eigenvalue weighted by Gasteiger charge is -2.34. The van der Waals surface area contributed by atoms with Crippen LogP contribution in [0.5, 0.6) is 0 Å². The molecule has 0 aliphatic carbocycles. The van der Waals surface area contributed by atoms with Crippen molar-refractivity contribution in [1.82, 2.24) is 9.97 Å². The van der Waals surface area contributed by atoms with Gasteiger partial charge in [0.25, 0.3) is 0 Å². The lowest BCUT2D eigenvalue weighted by molar-refractivity contribution is -0.120. The van der Waals surface area contributed by atoms with Gasteiger partial charge < -0.3 is 20.2 Å². The number of hydrogen-bond acceptors (Lipinski definition) is 6. The molecule has 1 amide bonds. The molecule has 2 aliphatic rings. The number of nitrogens with one attached hydrogen (secondary N) is 1. The van der Waals surface area contributed by atoms with Gasteiger partial charge in [-0.3, -0.25) is 4.79 Å². The first-order valence-corrected chi connectivity index (χ1v) is 11.1. The molecule has 0 spiro atoms. The van der Waals surface area contributed by atoms with E-state index in [0.717, 1.165) is 50.7 Å². The van der Waals surface area contributed by atoms with Crippen LogP contribution in [0.25, 0.3) is 0 Å². The normalized spacial score (nSPS) is 20.0. The van der Waals surface area contributed by atoms with Crippen LogP contribution in [0.3, 0.4) is 0 Å². The molecule has 1 aromatic heterocycles. The average molecular weight is 448 g/mol. The summed E-state index contributed by atoms with van der Waals surface area (Å²) < 4.78 is 13.3. The van der Waals surface area contributed by atoms with E-state index in [1.165, 1.54) is 18.2 Å². The fraction of sp³-hybridized carbons (Fsp3) is 0.500. The van der Waals surface area contributed by atoms with Crippen molar-refractivity contribution in [1.29, 1.82) is 0 Å². The van der Waals surface area contributed by atoms with Gasteiger partial charge >= 0.3 is 0 Å². The average Bonchev–Trinajstić information content (AvgIpc) is 2.81. The molecular formula is C22H27ClFN5O2. The zero-order valence-corrected chi connectivity index (χ0v) is 18.1. The molecule has 31 heavy (non-hydrogen) atoms. The molecule has 2 aromatic rings. The summed E-state index contributed by atoms with van der Waals surface area (Å²) >= 11 is 5.79. The first-order chi connectivity index (χ1) is 15.0. The number of aliphatic hydroxyl groups is 1. The van der Waals surface area contributed by atoms with Crippen molar-refractivity contribution < 1.29 is 14.3 Å². The van der Waals surface area contributed by atoms with Crippen LogP contribution < -0.4 is 15.1 Å². The Morgan fingerprint density at radius 2 is 1.87 bits per heavy atom. The molecule has 2 N–H and O–H groups in total. The Hall–Kier alpha value is -2.45. The maximum absolute atomic E-state index is 13.3. The van der Waals surface area contributed by atoms with Crippen molar-refractivity contribution in [3.05, 3.63) is 41.4 Å². The summed E-state index contributed by atoms with van der Waals surface area (Å²) in [5.41, 5.74) is 0.502. The molecule has 2 aliphatic heterocycles. The van der Waals surface area contributed by atoms with E-state index in [0.29, 0.717) is 18.5 Å². The molecule has 166 valence electrons. The standard InChI is InChI=1S/C22H27ClFN5O2/c23-18-10-17(3-4-19(18)24)27-22(31)16-5-8-28(9-6-16)20-11-21(26-14-25-20)29-7-1-2-15(12-29)13-30/h3-4,10-11,14-16,30H,1-2,5-9,12-13H2,(H,27,31). The Morgan fingerprint density at radius 3 is 2.58 bits per heavy atom. The summed E-state index contributed by atoms with van der Waals surface area (Å²) in [6.07, 6.45) is 5.09. The van der Waals surface area contributed by atoms with Gasteiger partial charge in [-0.25, -0.2) is 14.4 Å². The second-order valence-corrected chi connectivity index (χ2v) is 8.66. The number of aliphatic hydroxyl groups excluding tert-OH is 1. The first-order valence-electron chi connectivity index (χ1n) is 10.7. The highest BCUT2D eigenvalue weighted by Gasteiger charge is 2.27. The maximum Gasteiger partial charge on any atom is 0.227 e. The van der Waals surface area contributed by atoms with Gasteiger partial charge in [-0.2, -0.15) is 0 Å². The van der Waals surface area contributed by atoms with Crippen molar-refractivity contribution in [3.8, 4) is 0 Å². The van der Waals surface area contributed by atoms with Gasteiger partial charge in [0, 0.05) is 50.5 Å². The second-order valence-electron chi connectivity index (χ2n) is 8.25. The predicted octanol–water partition coefficient (Wildman–Crippen LogP) is 3.33. The smallest absolute Gasteiger partial charge is 0.227 e. The van der Waals surface area contributed by atoms with E-state index in [4.69, 9.17) is 11.6 Å². The van der Waals surface area contributed by atoms with Gasteiger partial charge in [-0.1, -0.05) is 11.6 Å². The number of rotatable bonds is 5. The van der Waals surface area contributed by atoms with Crippen LogP contribution in [0.1, 0.15) is 25.7 Å². The molecule has 3 heterocycles. The van der Waals surface area contributed by atoms with E-state index < -0.39 is 5.82 Å². The molecule has 7 nitrogen and oxygen atoms in total. The number of anilines is 3. The molecular weight excluding hydrogens is 421 g/mol. The summed E-state index contributed by atoms with van der Waals surface area (Å²) in [5.74, 6) is 1.34. The summed E-state index contributed by atoms with van der Waals surface area (Å²) in [5, 5.41) is 12.3. The fourth-order valence-electron chi connectivity index (χ4n) is 4.29. The molecule has 2 fully saturated rings. The SMILES string of the molecule is O=C(Nc1ccc(F)c(Cl)c1)C1CCN(c2cc(N3CCCC(CO)C3)ncn2)CC1.